The number of aliphatic imine (C=N–C) groups is 1. The summed E-state index contributed by atoms with van der Waals surface area (Å²) < 4.78 is 26.2. The Balaban J connectivity index is 2.00. The lowest BCUT2D eigenvalue weighted by Gasteiger charge is -2.31. The molecule has 2 aromatic carbocycles. The van der Waals surface area contributed by atoms with Crippen molar-refractivity contribution in [3.05, 3.63) is 57.6 Å². The fourth-order valence-corrected chi connectivity index (χ4v) is 5.57. The van der Waals surface area contributed by atoms with Gasteiger partial charge in [-0.05, 0) is 42.8 Å². The summed E-state index contributed by atoms with van der Waals surface area (Å²) in [6.07, 6.45) is 0. The lowest BCUT2D eigenvalue weighted by atomic mass is 10.0. The van der Waals surface area contributed by atoms with Crippen molar-refractivity contribution in [3.63, 3.8) is 0 Å². The van der Waals surface area contributed by atoms with Crippen LogP contribution in [-0.2, 0) is 15.7 Å². The van der Waals surface area contributed by atoms with Crippen molar-refractivity contribution in [2.75, 3.05) is 26.9 Å². The highest BCUT2D eigenvalue weighted by molar-refractivity contribution is 8.14. The first-order valence-electron chi connectivity index (χ1n) is 8.63. The molecule has 1 aliphatic rings. The van der Waals surface area contributed by atoms with Gasteiger partial charge < -0.3 is 10.0 Å². The monoisotopic (exact) mass is 473 g/mol. The third kappa shape index (κ3) is 4.15. The van der Waals surface area contributed by atoms with Crippen LogP contribution in [0.4, 0.5) is 5.69 Å². The Morgan fingerprint density at radius 3 is 2.45 bits per heavy atom. The van der Waals surface area contributed by atoms with Crippen LogP contribution in [-0.4, -0.2) is 54.8 Å². The van der Waals surface area contributed by atoms with E-state index < -0.39 is 15.7 Å². The second kappa shape index (κ2) is 8.09. The SMILES string of the molecule is Cc1cc(N=C2SCC(O)(c3ccc(Cl)c(S(=O)(=O)N(C)C)c3)N2C)ccc1Cl. The van der Waals surface area contributed by atoms with Crippen molar-refractivity contribution < 1.29 is 13.5 Å². The number of aliphatic hydroxyl groups is 1. The van der Waals surface area contributed by atoms with Crippen molar-refractivity contribution in [1.29, 1.82) is 0 Å². The van der Waals surface area contributed by atoms with Gasteiger partial charge in [0, 0.05) is 31.7 Å². The third-order valence-electron chi connectivity index (χ3n) is 4.76. The standard InChI is InChI=1S/C19H21Cl2N3O3S2/c1-12-9-14(6-8-15(12)20)22-18-24(4)19(25,11-28-18)13-5-7-16(21)17(10-13)29(26,27)23(2)3/h5-10,25H,11H2,1-4H3. The summed E-state index contributed by atoms with van der Waals surface area (Å²) in [5, 5.41) is 12.7. The van der Waals surface area contributed by atoms with E-state index in [9.17, 15) is 13.5 Å². The van der Waals surface area contributed by atoms with E-state index >= 15 is 0 Å². The van der Waals surface area contributed by atoms with Crippen LogP contribution < -0.4 is 0 Å². The zero-order chi connectivity index (χ0) is 21.6. The van der Waals surface area contributed by atoms with Gasteiger partial charge in [-0.3, -0.25) is 0 Å². The van der Waals surface area contributed by atoms with Gasteiger partial charge in [0.25, 0.3) is 0 Å². The fraction of sp³-hybridized carbons (Fsp3) is 0.316. The van der Waals surface area contributed by atoms with Gasteiger partial charge in [-0.2, -0.15) is 0 Å². The Labute approximate surface area is 185 Å². The van der Waals surface area contributed by atoms with Crippen molar-refractivity contribution in [2.24, 2.45) is 4.99 Å². The molecule has 6 nitrogen and oxygen atoms in total. The molecular weight excluding hydrogens is 453 g/mol. The predicted molar refractivity (Wildman–Crippen MR) is 120 cm³/mol. The van der Waals surface area contributed by atoms with E-state index in [-0.39, 0.29) is 15.7 Å². The number of nitrogens with zero attached hydrogens (tertiary/aromatic N) is 3. The number of rotatable bonds is 4. The molecule has 0 aromatic heterocycles. The minimum Gasteiger partial charge on any atom is -0.366 e. The van der Waals surface area contributed by atoms with Crippen LogP contribution in [0.5, 0.6) is 0 Å². The Bertz CT molecular complexity index is 1090. The maximum atomic E-state index is 12.6. The summed E-state index contributed by atoms with van der Waals surface area (Å²) in [6.45, 7) is 1.90. The summed E-state index contributed by atoms with van der Waals surface area (Å²) in [6, 6.07) is 9.98. The molecule has 3 rings (SSSR count). The second-order valence-electron chi connectivity index (χ2n) is 6.92. The van der Waals surface area contributed by atoms with Gasteiger partial charge in [0.1, 0.15) is 4.90 Å². The van der Waals surface area contributed by atoms with E-state index in [0.29, 0.717) is 15.8 Å². The molecular formula is C19H21Cl2N3O3S2. The van der Waals surface area contributed by atoms with Gasteiger partial charge in [-0.15, -0.1) is 0 Å². The number of amidine groups is 1. The first-order chi connectivity index (χ1) is 13.5. The second-order valence-corrected chi connectivity index (χ2v) is 10.8. The number of sulfonamides is 1. The molecule has 1 atom stereocenters. The Morgan fingerprint density at radius 2 is 1.83 bits per heavy atom. The average Bonchev–Trinajstić information content (AvgIpc) is 2.94. The lowest BCUT2D eigenvalue weighted by Crippen LogP contribution is -2.42. The number of hydrogen-bond acceptors (Lipinski definition) is 5. The van der Waals surface area contributed by atoms with Crippen molar-refractivity contribution >= 4 is 55.8 Å². The van der Waals surface area contributed by atoms with Crippen LogP contribution in [0.15, 0.2) is 46.3 Å². The van der Waals surface area contributed by atoms with Crippen molar-refractivity contribution in [2.45, 2.75) is 17.5 Å². The Hall–Kier alpha value is -1.29. The summed E-state index contributed by atoms with van der Waals surface area (Å²) >= 11 is 13.6. The molecule has 156 valence electrons. The van der Waals surface area contributed by atoms with Crippen molar-refractivity contribution in [1.82, 2.24) is 9.21 Å². The minimum absolute atomic E-state index is 0.0489. The van der Waals surface area contributed by atoms with Gasteiger partial charge in [-0.25, -0.2) is 17.7 Å². The molecule has 1 saturated heterocycles. The first kappa shape index (κ1) is 22.4. The Kier molecular flexibility index (Phi) is 6.25. The topological polar surface area (TPSA) is 73.2 Å². The van der Waals surface area contributed by atoms with Crippen LogP contribution in [0.1, 0.15) is 11.1 Å². The fourth-order valence-electron chi connectivity index (χ4n) is 2.86. The molecule has 1 fully saturated rings. The van der Waals surface area contributed by atoms with Gasteiger partial charge >= 0.3 is 0 Å². The quantitative estimate of drug-likeness (QED) is 0.724. The van der Waals surface area contributed by atoms with Crippen LogP contribution in [0, 0.1) is 6.92 Å². The normalized spacial score (nSPS) is 21.4. The van der Waals surface area contributed by atoms with Crippen molar-refractivity contribution in [3.8, 4) is 0 Å². The number of benzene rings is 2. The molecule has 0 amide bonds. The maximum absolute atomic E-state index is 12.6. The number of thioether (sulfide) groups is 1. The predicted octanol–water partition coefficient (Wildman–Crippen LogP) is 4.06. The zero-order valence-electron chi connectivity index (χ0n) is 16.3. The van der Waals surface area contributed by atoms with E-state index in [0.717, 1.165) is 15.6 Å². The molecule has 1 unspecified atom stereocenters. The molecule has 0 aliphatic carbocycles. The minimum atomic E-state index is -3.75. The van der Waals surface area contributed by atoms with E-state index in [2.05, 4.69) is 4.99 Å². The molecule has 1 N–H and O–H groups in total. The molecule has 0 spiro atoms. The largest absolute Gasteiger partial charge is 0.366 e. The molecule has 0 bridgehead atoms. The summed E-state index contributed by atoms with van der Waals surface area (Å²) in [4.78, 5) is 6.20. The van der Waals surface area contributed by atoms with Gasteiger partial charge in [0.2, 0.25) is 10.0 Å². The number of aryl methyl sites for hydroxylation is 1. The van der Waals surface area contributed by atoms with Gasteiger partial charge in [0.15, 0.2) is 10.9 Å². The number of halogens is 2. The summed E-state index contributed by atoms with van der Waals surface area (Å²) in [7, 11) is 0.834. The smallest absolute Gasteiger partial charge is 0.244 e. The number of hydrogen-bond donors (Lipinski definition) is 1. The molecule has 0 radical (unpaired) electrons. The van der Waals surface area contributed by atoms with Gasteiger partial charge in [0.05, 0.1) is 16.5 Å². The molecule has 1 heterocycles. The van der Waals surface area contributed by atoms with E-state index in [1.54, 1.807) is 30.1 Å². The van der Waals surface area contributed by atoms with Crippen LogP contribution in [0.2, 0.25) is 10.0 Å². The Morgan fingerprint density at radius 1 is 1.17 bits per heavy atom. The first-order valence-corrected chi connectivity index (χ1v) is 11.8. The molecule has 1 aliphatic heterocycles. The molecule has 0 saturated carbocycles. The van der Waals surface area contributed by atoms with Crippen LogP contribution in [0.3, 0.4) is 0 Å². The van der Waals surface area contributed by atoms with Crippen LogP contribution in [0.25, 0.3) is 0 Å². The zero-order valence-corrected chi connectivity index (χ0v) is 19.5. The highest BCUT2D eigenvalue weighted by Gasteiger charge is 2.43. The lowest BCUT2D eigenvalue weighted by molar-refractivity contribution is -0.0349. The van der Waals surface area contributed by atoms with Gasteiger partial charge in [-0.1, -0.05) is 41.0 Å². The maximum Gasteiger partial charge on any atom is 0.244 e. The molecule has 2 aromatic rings. The van der Waals surface area contributed by atoms with E-state index in [1.807, 2.05) is 13.0 Å². The summed E-state index contributed by atoms with van der Waals surface area (Å²) in [5.41, 5.74) is 0.629. The molecule has 29 heavy (non-hydrogen) atoms. The van der Waals surface area contributed by atoms with Crippen LogP contribution >= 0.6 is 35.0 Å². The summed E-state index contributed by atoms with van der Waals surface area (Å²) in [5.74, 6) is 0.290. The molecule has 10 heteroatoms. The highest BCUT2D eigenvalue weighted by atomic mass is 35.5. The average molecular weight is 474 g/mol. The van der Waals surface area contributed by atoms with E-state index in [1.165, 1.54) is 38.0 Å². The van der Waals surface area contributed by atoms with E-state index in [4.69, 9.17) is 23.2 Å². The third-order valence-corrected chi connectivity index (χ3v) is 8.65. The highest BCUT2D eigenvalue weighted by Crippen LogP contribution is 2.40.